The molecule has 0 aliphatic rings. The molecule has 0 spiro atoms. The van der Waals surface area contributed by atoms with E-state index >= 15 is 0 Å². The summed E-state index contributed by atoms with van der Waals surface area (Å²) in [4.78, 5) is 11.4. The van der Waals surface area contributed by atoms with E-state index in [1.54, 1.807) is 0 Å². The van der Waals surface area contributed by atoms with Gasteiger partial charge in [-0.15, -0.1) is 0 Å². The minimum absolute atomic E-state index is 0.376. The minimum Gasteiger partial charge on any atom is -0.468 e. The number of ether oxygens (including phenoxy) is 1. The lowest BCUT2D eigenvalue weighted by molar-refractivity contribution is -0.145. The van der Waals surface area contributed by atoms with Gasteiger partial charge in [0.15, 0.2) is 0 Å². The van der Waals surface area contributed by atoms with Gasteiger partial charge in [0.25, 0.3) is 10.2 Å². The topological polar surface area (TPSA) is 89.7 Å². The molecule has 0 aromatic heterocycles. The van der Waals surface area contributed by atoms with Crippen LogP contribution in [-0.4, -0.2) is 38.9 Å². The Morgan fingerprint density at radius 3 is 2.19 bits per heavy atom. The van der Waals surface area contributed by atoms with Crippen molar-refractivity contribution < 1.29 is 17.9 Å². The summed E-state index contributed by atoms with van der Waals surface area (Å²) in [5, 5.41) is 4.97. The fourth-order valence-electron chi connectivity index (χ4n) is 1.25. The molecule has 0 amide bonds. The molecule has 6 nitrogen and oxygen atoms in total. The Bertz CT molecular complexity index is 326. The molecule has 1 atom stereocenters. The van der Waals surface area contributed by atoms with Crippen LogP contribution in [0.4, 0.5) is 0 Å². The van der Waals surface area contributed by atoms with Crippen LogP contribution in [0.15, 0.2) is 0 Å². The van der Waals surface area contributed by atoms with Gasteiger partial charge in [-0.3, -0.25) is 4.79 Å². The van der Waals surface area contributed by atoms with E-state index in [1.165, 1.54) is 14.2 Å². The predicted molar refractivity (Wildman–Crippen MR) is 60.7 cm³/mol. The Morgan fingerprint density at radius 1 is 1.38 bits per heavy atom. The fourth-order valence-corrected chi connectivity index (χ4v) is 1.80. The quantitative estimate of drug-likeness (QED) is 0.679. The monoisotopic (exact) mass is 252 g/mol. The zero-order chi connectivity index (χ0) is 12.9. The Morgan fingerprint density at radius 2 is 1.88 bits per heavy atom. The number of hydrogen-bond donors (Lipinski definition) is 1. The first-order chi connectivity index (χ1) is 7.20. The van der Waals surface area contributed by atoms with Crippen LogP contribution in [0, 0.1) is 5.92 Å². The molecule has 0 saturated carbocycles. The Kier molecular flexibility index (Phi) is 5.91. The first-order valence-corrected chi connectivity index (χ1v) is 6.54. The number of methoxy groups -OCH3 is 1. The molecule has 16 heavy (non-hydrogen) atoms. The van der Waals surface area contributed by atoms with Gasteiger partial charge in [-0.05, 0) is 18.8 Å². The molecule has 0 bridgehead atoms. The van der Waals surface area contributed by atoms with Gasteiger partial charge >= 0.3 is 5.97 Å². The fraction of sp³-hybridized carbons (Fsp3) is 0.889. The molecule has 0 radical (unpaired) electrons. The van der Waals surface area contributed by atoms with Gasteiger partial charge in [0.2, 0.25) is 0 Å². The maximum atomic E-state index is 11.4. The van der Waals surface area contributed by atoms with Crippen molar-refractivity contribution >= 4 is 16.2 Å². The van der Waals surface area contributed by atoms with Gasteiger partial charge in [0.1, 0.15) is 6.04 Å². The van der Waals surface area contributed by atoms with Crippen LogP contribution in [0.2, 0.25) is 0 Å². The van der Waals surface area contributed by atoms with Crippen molar-refractivity contribution in [2.45, 2.75) is 32.7 Å². The van der Waals surface area contributed by atoms with Crippen LogP contribution in [0.5, 0.6) is 0 Å². The van der Waals surface area contributed by atoms with Crippen LogP contribution in [0.3, 0.4) is 0 Å². The van der Waals surface area contributed by atoms with Gasteiger partial charge in [0.05, 0.1) is 7.11 Å². The van der Waals surface area contributed by atoms with Gasteiger partial charge in [0, 0.05) is 7.05 Å². The van der Waals surface area contributed by atoms with Crippen molar-refractivity contribution in [3.8, 4) is 0 Å². The Balaban J connectivity index is 4.74. The Labute approximate surface area is 96.9 Å². The molecular formula is C9H20N2O4S. The summed E-state index contributed by atoms with van der Waals surface area (Å²) < 4.78 is 27.7. The smallest absolute Gasteiger partial charge is 0.324 e. The van der Waals surface area contributed by atoms with Gasteiger partial charge in [-0.2, -0.15) is 12.7 Å². The second-order valence-electron chi connectivity index (χ2n) is 4.07. The van der Waals surface area contributed by atoms with E-state index in [9.17, 15) is 13.2 Å². The molecule has 0 aromatic rings. The Hall–Kier alpha value is -0.660. The van der Waals surface area contributed by atoms with Crippen LogP contribution < -0.4 is 5.14 Å². The highest BCUT2D eigenvalue weighted by Crippen LogP contribution is 2.13. The van der Waals surface area contributed by atoms with E-state index in [0.29, 0.717) is 12.3 Å². The number of rotatable bonds is 6. The third-order valence-corrected chi connectivity index (χ3v) is 3.39. The lowest BCUT2D eigenvalue weighted by atomic mass is 10.0. The van der Waals surface area contributed by atoms with Crippen molar-refractivity contribution in [1.29, 1.82) is 0 Å². The van der Waals surface area contributed by atoms with E-state index in [-0.39, 0.29) is 0 Å². The van der Waals surface area contributed by atoms with Crippen LogP contribution in [0.1, 0.15) is 26.7 Å². The molecule has 2 N–H and O–H groups in total. The lowest BCUT2D eigenvalue weighted by Gasteiger charge is -2.23. The normalized spacial score (nSPS) is 14.2. The molecule has 0 saturated heterocycles. The molecule has 0 fully saturated rings. The largest absolute Gasteiger partial charge is 0.468 e. The molecule has 7 heteroatoms. The molecular weight excluding hydrogens is 232 g/mol. The molecule has 0 aromatic carbocycles. The third kappa shape index (κ3) is 4.91. The number of carbonyl (C=O) groups is 1. The SMILES string of the molecule is COC(=O)C(CCC(C)C)N(C)S(N)(=O)=O. The highest BCUT2D eigenvalue weighted by Gasteiger charge is 2.30. The first kappa shape index (κ1) is 15.3. The second kappa shape index (κ2) is 6.17. The van der Waals surface area contributed by atoms with Gasteiger partial charge < -0.3 is 4.74 Å². The highest BCUT2D eigenvalue weighted by atomic mass is 32.2. The summed E-state index contributed by atoms with van der Waals surface area (Å²) >= 11 is 0. The number of esters is 1. The van der Waals surface area contributed by atoms with Crippen LogP contribution >= 0.6 is 0 Å². The van der Waals surface area contributed by atoms with Gasteiger partial charge in [-0.25, -0.2) is 5.14 Å². The average Bonchev–Trinajstić information content (AvgIpc) is 2.15. The zero-order valence-electron chi connectivity index (χ0n) is 10.1. The van der Waals surface area contributed by atoms with Crippen molar-refractivity contribution in [1.82, 2.24) is 4.31 Å². The summed E-state index contributed by atoms with van der Waals surface area (Å²) in [7, 11) is -1.37. The molecule has 96 valence electrons. The average molecular weight is 252 g/mol. The molecule has 0 heterocycles. The number of likely N-dealkylation sites (N-methyl/N-ethyl adjacent to an activating group) is 1. The summed E-state index contributed by atoms with van der Waals surface area (Å²) in [6, 6.07) is -0.845. The minimum atomic E-state index is -3.87. The lowest BCUT2D eigenvalue weighted by Crippen LogP contribution is -2.46. The zero-order valence-corrected chi connectivity index (χ0v) is 11.0. The van der Waals surface area contributed by atoms with E-state index in [2.05, 4.69) is 4.74 Å². The van der Waals surface area contributed by atoms with E-state index in [0.717, 1.165) is 10.7 Å². The standard InChI is InChI=1S/C9H20N2O4S/c1-7(2)5-6-8(9(12)15-4)11(3)16(10,13)14/h7-8H,5-6H2,1-4H3,(H2,10,13,14). The second-order valence-corrected chi connectivity index (χ2v) is 5.68. The van der Waals surface area contributed by atoms with Crippen molar-refractivity contribution in [3.05, 3.63) is 0 Å². The van der Waals surface area contributed by atoms with Gasteiger partial charge in [-0.1, -0.05) is 13.8 Å². The van der Waals surface area contributed by atoms with E-state index in [4.69, 9.17) is 5.14 Å². The number of carbonyl (C=O) groups excluding carboxylic acids is 1. The van der Waals surface area contributed by atoms with Crippen molar-refractivity contribution in [2.75, 3.05) is 14.2 Å². The highest BCUT2D eigenvalue weighted by molar-refractivity contribution is 7.86. The summed E-state index contributed by atoms with van der Waals surface area (Å²) in [5.74, 6) is -0.210. The summed E-state index contributed by atoms with van der Waals surface area (Å²) in [5.41, 5.74) is 0. The number of nitrogens with two attached hydrogens (primary N) is 1. The molecule has 0 aliphatic carbocycles. The summed E-state index contributed by atoms with van der Waals surface area (Å²) in [6.07, 6.45) is 1.12. The van der Waals surface area contributed by atoms with E-state index in [1.807, 2.05) is 13.8 Å². The molecule has 0 aliphatic heterocycles. The molecule has 0 rings (SSSR count). The van der Waals surface area contributed by atoms with Crippen molar-refractivity contribution in [3.63, 3.8) is 0 Å². The number of hydrogen-bond acceptors (Lipinski definition) is 4. The van der Waals surface area contributed by atoms with Crippen molar-refractivity contribution in [2.24, 2.45) is 11.1 Å². The van der Waals surface area contributed by atoms with Crippen LogP contribution in [0.25, 0.3) is 0 Å². The summed E-state index contributed by atoms with van der Waals surface area (Å²) in [6.45, 7) is 3.98. The maximum absolute atomic E-state index is 11.4. The van der Waals surface area contributed by atoms with E-state index < -0.39 is 22.2 Å². The maximum Gasteiger partial charge on any atom is 0.324 e. The predicted octanol–water partition coefficient (Wildman–Crippen LogP) is 0.0995. The third-order valence-electron chi connectivity index (χ3n) is 2.33. The molecule has 1 unspecified atom stereocenters. The first-order valence-electron chi connectivity index (χ1n) is 5.03. The van der Waals surface area contributed by atoms with Crippen LogP contribution in [-0.2, 0) is 19.7 Å². The number of nitrogens with zero attached hydrogens (tertiary/aromatic N) is 1.